The summed E-state index contributed by atoms with van der Waals surface area (Å²) in [7, 11) is 0. The highest BCUT2D eigenvalue weighted by Crippen LogP contribution is 1.99. The van der Waals surface area contributed by atoms with Gasteiger partial charge in [0.15, 0.2) is 0 Å². The van der Waals surface area contributed by atoms with Gasteiger partial charge in [-0.1, -0.05) is 24.2 Å². The van der Waals surface area contributed by atoms with Crippen molar-refractivity contribution in [3.63, 3.8) is 0 Å². The van der Waals surface area contributed by atoms with Gasteiger partial charge in [0.2, 0.25) is 0 Å². The van der Waals surface area contributed by atoms with Crippen LogP contribution in [0.25, 0.3) is 6.08 Å². The number of pyridine rings is 1. The molecular formula is C10H12N2O. The third kappa shape index (κ3) is 3.07. The van der Waals surface area contributed by atoms with Gasteiger partial charge >= 0.3 is 0 Å². The molecule has 1 heterocycles. The van der Waals surface area contributed by atoms with E-state index in [0.29, 0.717) is 12.1 Å². The maximum absolute atomic E-state index is 8.53. The Morgan fingerprint density at radius 3 is 3.08 bits per heavy atom. The second-order valence-corrected chi connectivity index (χ2v) is 2.56. The highest BCUT2D eigenvalue weighted by Gasteiger charge is 1.89. The molecule has 13 heavy (non-hydrogen) atoms. The fraction of sp³-hybridized carbons (Fsp3) is 0.200. The zero-order chi connectivity index (χ0) is 9.52. The number of oxime groups is 1. The minimum absolute atomic E-state index is 0.656. The smallest absolute Gasteiger partial charge is 0.0793 e. The topological polar surface area (TPSA) is 45.5 Å². The summed E-state index contributed by atoms with van der Waals surface area (Å²) >= 11 is 0. The van der Waals surface area contributed by atoms with E-state index < -0.39 is 0 Å². The molecule has 1 aromatic heterocycles. The average Bonchev–Trinajstić information content (AvgIpc) is 2.21. The summed E-state index contributed by atoms with van der Waals surface area (Å²) in [5.41, 5.74) is 1.65. The van der Waals surface area contributed by atoms with E-state index >= 15 is 0 Å². The number of nitrogens with zero attached hydrogens (tertiary/aromatic N) is 2. The van der Waals surface area contributed by atoms with Crippen molar-refractivity contribution in [2.24, 2.45) is 5.16 Å². The molecule has 0 unspecified atom stereocenters. The second kappa shape index (κ2) is 5.09. The number of hydrogen-bond acceptors (Lipinski definition) is 3. The first-order chi connectivity index (χ1) is 6.36. The molecule has 3 heteroatoms. The van der Waals surface area contributed by atoms with E-state index in [1.807, 2.05) is 25.1 Å². The van der Waals surface area contributed by atoms with Crippen molar-refractivity contribution < 1.29 is 5.21 Å². The molecule has 0 aliphatic heterocycles. The third-order valence-corrected chi connectivity index (χ3v) is 1.64. The van der Waals surface area contributed by atoms with Crippen molar-refractivity contribution in [3.8, 4) is 0 Å². The summed E-state index contributed by atoms with van der Waals surface area (Å²) in [6.45, 7) is 1.93. The van der Waals surface area contributed by atoms with E-state index in [1.54, 1.807) is 18.5 Å². The fourth-order valence-electron chi connectivity index (χ4n) is 0.889. The minimum Gasteiger partial charge on any atom is -0.411 e. The highest BCUT2D eigenvalue weighted by atomic mass is 16.4. The Balaban J connectivity index is 2.69. The average molecular weight is 176 g/mol. The Bertz CT molecular complexity index is 304. The van der Waals surface area contributed by atoms with Crippen molar-refractivity contribution in [2.45, 2.75) is 13.3 Å². The molecule has 0 atom stereocenters. The molecule has 0 amide bonds. The maximum atomic E-state index is 8.53. The highest BCUT2D eigenvalue weighted by molar-refractivity contribution is 5.97. The van der Waals surface area contributed by atoms with Crippen molar-refractivity contribution in [1.82, 2.24) is 4.98 Å². The van der Waals surface area contributed by atoms with Crippen molar-refractivity contribution >= 4 is 11.8 Å². The molecule has 0 aliphatic carbocycles. The number of hydrogen-bond donors (Lipinski definition) is 1. The lowest BCUT2D eigenvalue weighted by Gasteiger charge is -1.92. The second-order valence-electron chi connectivity index (χ2n) is 2.56. The molecule has 0 bridgehead atoms. The van der Waals surface area contributed by atoms with Gasteiger partial charge in [-0.2, -0.15) is 0 Å². The van der Waals surface area contributed by atoms with Crippen LogP contribution in [-0.2, 0) is 0 Å². The van der Waals surface area contributed by atoms with Crippen molar-refractivity contribution in [2.75, 3.05) is 0 Å². The molecular weight excluding hydrogens is 164 g/mol. The van der Waals surface area contributed by atoms with Gasteiger partial charge in [0, 0.05) is 12.4 Å². The molecule has 0 saturated carbocycles. The molecule has 1 rings (SSSR count). The molecule has 1 aromatic rings. The molecule has 0 aliphatic rings. The lowest BCUT2D eigenvalue weighted by molar-refractivity contribution is 0.318. The molecule has 0 aromatic carbocycles. The van der Waals surface area contributed by atoms with Gasteiger partial charge < -0.3 is 5.21 Å². The minimum atomic E-state index is 0.656. The Kier molecular flexibility index (Phi) is 3.70. The Morgan fingerprint density at radius 1 is 1.69 bits per heavy atom. The lowest BCUT2D eigenvalue weighted by atomic mass is 10.2. The fourth-order valence-corrected chi connectivity index (χ4v) is 0.889. The Morgan fingerprint density at radius 2 is 2.54 bits per heavy atom. The molecule has 0 fully saturated rings. The first-order valence-corrected chi connectivity index (χ1v) is 4.16. The van der Waals surface area contributed by atoms with Crippen LogP contribution in [0.2, 0.25) is 0 Å². The van der Waals surface area contributed by atoms with Crippen LogP contribution in [-0.4, -0.2) is 15.9 Å². The van der Waals surface area contributed by atoms with E-state index in [9.17, 15) is 0 Å². The zero-order valence-corrected chi connectivity index (χ0v) is 7.51. The van der Waals surface area contributed by atoms with Gasteiger partial charge in [-0.25, -0.2) is 0 Å². The van der Waals surface area contributed by atoms with E-state index in [0.717, 1.165) is 5.56 Å². The monoisotopic (exact) mass is 176 g/mol. The largest absolute Gasteiger partial charge is 0.411 e. The lowest BCUT2D eigenvalue weighted by Crippen LogP contribution is -1.88. The van der Waals surface area contributed by atoms with Gasteiger partial charge in [0.1, 0.15) is 0 Å². The first kappa shape index (κ1) is 9.45. The van der Waals surface area contributed by atoms with E-state index in [1.165, 1.54) is 0 Å². The van der Waals surface area contributed by atoms with Gasteiger partial charge in [0.05, 0.1) is 5.71 Å². The molecule has 3 nitrogen and oxygen atoms in total. The zero-order valence-electron chi connectivity index (χ0n) is 7.51. The number of allylic oxidation sites excluding steroid dienone is 1. The van der Waals surface area contributed by atoms with Crippen LogP contribution in [0.5, 0.6) is 0 Å². The molecule has 0 saturated heterocycles. The normalized spacial score (nSPS) is 12.2. The van der Waals surface area contributed by atoms with Gasteiger partial charge in [0.25, 0.3) is 0 Å². The third-order valence-electron chi connectivity index (χ3n) is 1.64. The van der Waals surface area contributed by atoms with Crippen LogP contribution in [0, 0.1) is 0 Å². The van der Waals surface area contributed by atoms with Crippen LogP contribution in [0.1, 0.15) is 18.9 Å². The van der Waals surface area contributed by atoms with Gasteiger partial charge in [-0.3, -0.25) is 4.98 Å². The van der Waals surface area contributed by atoms with E-state index in [4.69, 9.17) is 5.21 Å². The molecule has 1 N–H and O–H groups in total. The van der Waals surface area contributed by atoms with E-state index in [2.05, 4.69) is 10.1 Å². The Hall–Kier alpha value is -1.64. The summed E-state index contributed by atoms with van der Waals surface area (Å²) in [6, 6.07) is 3.80. The summed E-state index contributed by atoms with van der Waals surface area (Å²) in [6.07, 6.45) is 7.83. The predicted molar refractivity (Wildman–Crippen MR) is 52.8 cm³/mol. The maximum Gasteiger partial charge on any atom is 0.0793 e. The Labute approximate surface area is 77.4 Å². The van der Waals surface area contributed by atoms with Crippen LogP contribution >= 0.6 is 0 Å². The van der Waals surface area contributed by atoms with Crippen LogP contribution in [0.4, 0.5) is 0 Å². The summed E-state index contributed by atoms with van der Waals surface area (Å²) < 4.78 is 0. The number of rotatable bonds is 3. The molecule has 0 spiro atoms. The van der Waals surface area contributed by atoms with Crippen LogP contribution < -0.4 is 0 Å². The van der Waals surface area contributed by atoms with Crippen LogP contribution in [0.15, 0.2) is 35.8 Å². The van der Waals surface area contributed by atoms with E-state index in [-0.39, 0.29) is 0 Å². The van der Waals surface area contributed by atoms with Crippen molar-refractivity contribution in [1.29, 1.82) is 0 Å². The van der Waals surface area contributed by atoms with Crippen molar-refractivity contribution in [3.05, 3.63) is 36.2 Å². The molecule has 68 valence electrons. The van der Waals surface area contributed by atoms with Gasteiger partial charge in [-0.15, -0.1) is 0 Å². The quantitative estimate of drug-likeness (QED) is 0.436. The first-order valence-electron chi connectivity index (χ1n) is 4.16. The SMILES string of the molecule is CCC(C=Cc1cccnc1)=NO. The predicted octanol–water partition coefficient (Wildman–Crippen LogP) is 2.33. The standard InChI is InChI=1S/C10H12N2O/c1-2-10(12-13)6-5-9-4-3-7-11-8-9/h3-8,13H,2H2,1H3. The molecule has 0 radical (unpaired) electrons. The summed E-state index contributed by atoms with van der Waals surface area (Å²) in [5, 5.41) is 11.7. The summed E-state index contributed by atoms with van der Waals surface area (Å²) in [5.74, 6) is 0. The van der Waals surface area contributed by atoms with Crippen LogP contribution in [0.3, 0.4) is 0 Å². The summed E-state index contributed by atoms with van der Waals surface area (Å²) in [4.78, 5) is 3.96. The van der Waals surface area contributed by atoms with Gasteiger partial charge in [-0.05, 0) is 24.1 Å². The number of aromatic nitrogens is 1.